The smallest absolute Gasteiger partial charge is 0.408 e. The van der Waals surface area contributed by atoms with Gasteiger partial charge in [0.15, 0.2) is 18.3 Å². The summed E-state index contributed by atoms with van der Waals surface area (Å²) in [5.41, 5.74) is 0.929. The van der Waals surface area contributed by atoms with E-state index in [1.807, 2.05) is 0 Å². The molecule has 24 heavy (non-hydrogen) atoms. The van der Waals surface area contributed by atoms with Crippen LogP contribution in [0.2, 0.25) is 0 Å². The molecule has 0 unspecified atom stereocenters. The molecule has 128 valence electrons. The lowest BCUT2D eigenvalue weighted by Gasteiger charge is -2.26. The molecule has 0 bridgehead atoms. The maximum Gasteiger partial charge on any atom is 0.408 e. The molecule has 0 atom stereocenters. The van der Waals surface area contributed by atoms with Crippen molar-refractivity contribution in [3.63, 3.8) is 0 Å². The van der Waals surface area contributed by atoms with Crippen molar-refractivity contribution in [3.05, 3.63) is 24.0 Å². The number of carbonyl (C=O) groups excluding carboxylic acids is 1. The van der Waals surface area contributed by atoms with E-state index in [2.05, 4.69) is 10.1 Å². The number of likely N-dealkylation sites (N-methyl/N-ethyl adjacent to an activating group) is 1. The number of alkyl halides is 3. The van der Waals surface area contributed by atoms with Crippen molar-refractivity contribution >= 4 is 11.6 Å². The summed E-state index contributed by atoms with van der Waals surface area (Å²) >= 11 is 0. The van der Waals surface area contributed by atoms with Crippen molar-refractivity contribution in [3.8, 4) is 17.1 Å². The van der Waals surface area contributed by atoms with Gasteiger partial charge in [0.25, 0.3) is 5.91 Å². The molecule has 0 radical (unpaired) electrons. The number of hydrogen-bond donors (Lipinski definition) is 0. The Kier molecular flexibility index (Phi) is 3.94. The number of nitrogens with zero attached hydrogens (tertiary/aromatic N) is 4. The average Bonchev–Trinajstić information content (AvgIpc) is 2.92. The maximum atomic E-state index is 12.8. The molecule has 1 aliphatic rings. The van der Waals surface area contributed by atoms with Crippen LogP contribution < -0.4 is 9.64 Å². The van der Waals surface area contributed by atoms with Crippen LogP contribution in [0, 0.1) is 0 Å². The highest BCUT2D eigenvalue weighted by Gasteiger charge is 2.31. The summed E-state index contributed by atoms with van der Waals surface area (Å²) in [6, 6.07) is 4.81. The molecule has 0 saturated carbocycles. The molecule has 6 nitrogen and oxygen atoms in total. The number of halogens is 3. The van der Waals surface area contributed by atoms with Crippen molar-refractivity contribution in [1.29, 1.82) is 0 Å². The van der Waals surface area contributed by atoms with Crippen LogP contribution >= 0.6 is 0 Å². The standard InChI is InChI=1S/C15H15F3N4O2/c1-3-12-19-14(22(20-12)8-15(16,17)18)9-4-5-11-10(6-9)21(2)13(23)7-24-11/h4-6H,3,7-8H2,1-2H3. The van der Waals surface area contributed by atoms with E-state index in [-0.39, 0.29) is 18.3 Å². The normalized spacial score (nSPS) is 14.5. The van der Waals surface area contributed by atoms with E-state index in [9.17, 15) is 18.0 Å². The molecule has 0 spiro atoms. The zero-order valence-electron chi connectivity index (χ0n) is 13.1. The van der Waals surface area contributed by atoms with Crippen LogP contribution in [-0.2, 0) is 17.8 Å². The van der Waals surface area contributed by atoms with E-state index in [4.69, 9.17) is 4.74 Å². The lowest BCUT2D eigenvalue weighted by molar-refractivity contribution is -0.142. The topological polar surface area (TPSA) is 60.3 Å². The fraction of sp³-hybridized carbons (Fsp3) is 0.400. The predicted molar refractivity (Wildman–Crippen MR) is 79.8 cm³/mol. The summed E-state index contributed by atoms with van der Waals surface area (Å²) in [4.78, 5) is 17.3. The minimum atomic E-state index is -4.41. The molecule has 1 amide bonds. The largest absolute Gasteiger partial charge is 0.482 e. The predicted octanol–water partition coefficient (Wildman–Crippen LogP) is 2.43. The maximum absolute atomic E-state index is 12.8. The highest BCUT2D eigenvalue weighted by Crippen LogP contribution is 2.35. The van der Waals surface area contributed by atoms with Crippen LogP contribution in [0.3, 0.4) is 0 Å². The lowest BCUT2D eigenvalue weighted by Crippen LogP contribution is -2.35. The van der Waals surface area contributed by atoms with Gasteiger partial charge in [-0.15, -0.1) is 0 Å². The number of benzene rings is 1. The van der Waals surface area contributed by atoms with Gasteiger partial charge in [-0.25, -0.2) is 9.67 Å². The van der Waals surface area contributed by atoms with Crippen LogP contribution in [0.1, 0.15) is 12.7 Å². The molecule has 3 rings (SSSR count). The van der Waals surface area contributed by atoms with Gasteiger partial charge in [0, 0.05) is 19.0 Å². The van der Waals surface area contributed by atoms with Crippen LogP contribution in [0.4, 0.5) is 18.9 Å². The number of aromatic nitrogens is 3. The number of amides is 1. The molecule has 1 aromatic carbocycles. The Labute approximate surface area is 135 Å². The fourth-order valence-corrected chi connectivity index (χ4v) is 2.44. The zero-order chi connectivity index (χ0) is 17.5. The second-order valence-electron chi connectivity index (χ2n) is 5.40. The summed E-state index contributed by atoms with van der Waals surface area (Å²) in [6.07, 6.45) is -3.98. The van der Waals surface area contributed by atoms with Gasteiger partial charge < -0.3 is 9.64 Å². The van der Waals surface area contributed by atoms with Gasteiger partial charge in [0.05, 0.1) is 5.69 Å². The number of rotatable bonds is 3. The quantitative estimate of drug-likeness (QED) is 0.861. The van der Waals surface area contributed by atoms with Gasteiger partial charge in [0.2, 0.25) is 0 Å². The second kappa shape index (κ2) is 5.81. The summed E-state index contributed by atoms with van der Waals surface area (Å²) in [7, 11) is 1.59. The number of hydrogen-bond acceptors (Lipinski definition) is 4. The van der Waals surface area contributed by atoms with Gasteiger partial charge in [0.1, 0.15) is 12.3 Å². The number of anilines is 1. The molecular formula is C15H15F3N4O2. The van der Waals surface area contributed by atoms with Crippen molar-refractivity contribution < 1.29 is 22.7 Å². The number of carbonyl (C=O) groups is 1. The van der Waals surface area contributed by atoms with Crippen molar-refractivity contribution in [2.45, 2.75) is 26.1 Å². The van der Waals surface area contributed by atoms with Gasteiger partial charge in [-0.2, -0.15) is 18.3 Å². The Bertz CT molecular complexity index is 786. The molecular weight excluding hydrogens is 325 g/mol. The third kappa shape index (κ3) is 3.06. The highest BCUT2D eigenvalue weighted by atomic mass is 19.4. The molecule has 1 aromatic heterocycles. The zero-order valence-corrected chi connectivity index (χ0v) is 13.1. The van der Waals surface area contributed by atoms with Crippen LogP contribution in [0.5, 0.6) is 5.75 Å². The van der Waals surface area contributed by atoms with E-state index in [1.165, 1.54) is 4.90 Å². The minimum absolute atomic E-state index is 0.0624. The van der Waals surface area contributed by atoms with Crippen LogP contribution in [-0.4, -0.2) is 40.5 Å². The molecule has 1 aliphatic heterocycles. The first-order chi connectivity index (χ1) is 11.3. The van der Waals surface area contributed by atoms with E-state index in [0.717, 1.165) is 4.68 Å². The Balaban J connectivity index is 2.06. The minimum Gasteiger partial charge on any atom is -0.482 e. The lowest BCUT2D eigenvalue weighted by atomic mass is 10.1. The Morgan fingerprint density at radius 1 is 1.33 bits per heavy atom. The number of fused-ring (bicyclic) bond motifs is 1. The molecule has 9 heteroatoms. The molecule has 0 fully saturated rings. The van der Waals surface area contributed by atoms with Gasteiger partial charge in [-0.1, -0.05) is 6.92 Å². The Morgan fingerprint density at radius 2 is 2.08 bits per heavy atom. The van der Waals surface area contributed by atoms with E-state index in [1.54, 1.807) is 32.2 Å². The van der Waals surface area contributed by atoms with Gasteiger partial charge in [-0.3, -0.25) is 4.79 Å². The highest BCUT2D eigenvalue weighted by molar-refractivity contribution is 5.98. The molecule has 2 heterocycles. The van der Waals surface area contributed by atoms with Gasteiger partial charge in [-0.05, 0) is 18.2 Å². The SMILES string of the molecule is CCc1nc(-c2ccc3c(c2)N(C)C(=O)CO3)n(CC(F)(F)F)n1. The van der Waals surface area contributed by atoms with E-state index < -0.39 is 12.7 Å². The fourth-order valence-electron chi connectivity index (χ4n) is 2.44. The Hall–Kier alpha value is -2.58. The molecule has 2 aromatic rings. The van der Waals surface area contributed by atoms with Crippen molar-refractivity contribution in [1.82, 2.24) is 14.8 Å². The third-order valence-electron chi connectivity index (χ3n) is 3.66. The molecule has 0 saturated heterocycles. The first-order valence-corrected chi connectivity index (χ1v) is 7.32. The first-order valence-electron chi connectivity index (χ1n) is 7.32. The van der Waals surface area contributed by atoms with Crippen LogP contribution in [0.25, 0.3) is 11.4 Å². The summed E-state index contributed by atoms with van der Waals surface area (Å²) < 4.78 is 44.5. The van der Waals surface area contributed by atoms with E-state index in [0.29, 0.717) is 29.2 Å². The monoisotopic (exact) mass is 340 g/mol. The van der Waals surface area contributed by atoms with Crippen molar-refractivity contribution in [2.24, 2.45) is 0 Å². The van der Waals surface area contributed by atoms with Crippen molar-refractivity contribution in [2.75, 3.05) is 18.6 Å². The van der Waals surface area contributed by atoms with Crippen LogP contribution in [0.15, 0.2) is 18.2 Å². The van der Waals surface area contributed by atoms with E-state index >= 15 is 0 Å². The molecule has 0 aliphatic carbocycles. The third-order valence-corrected chi connectivity index (χ3v) is 3.66. The number of aryl methyl sites for hydroxylation is 1. The Morgan fingerprint density at radius 3 is 2.75 bits per heavy atom. The summed E-state index contributed by atoms with van der Waals surface area (Å²) in [5.74, 6) is 0.704. The second-order valence-corrected chi connectivity index (χ2v) is 5.40. The summed E-state index contributed by atoms with van der Waals surface area (Å²) in [6.45, 7) is 0.481. The number of ether oxygens (including phenoxy) is 1. The van der Waals surface area contributed by atoms with Gasteiger partial charge >= 0.3 is 6.18 Å². The first kappa shape index (κ1) is 16.3. The molecule has 0 N–H and O–H groups in total. The summed E-state index contributed by atoms with van der Waals surface area (Å²) in [5, 5.41) is 3.91. The average molecular weight is 340 g/mol.